The Hall–Kier alpha value is -3.62. The van der Waals surface area contributed by atoms with Crippen LogP contribution in [0.3, 0.4) is 0 Å². The van der Waals surface area contributed by atoms with Crippen molar-refractivity contribution < 1.29 is 13.6 Å². The number of benzene rings is 1. The van der Waals surface area contributed by atoms with Crippen LogP contribution in [0.1, 0.15) is 11.4 Å². The van der Waals surface area contributed by atoms with Crippen molar-refractivity contribution in [1.29, 1.82) is 0 Å². The Morgan fingerprint density at radius 1 is 1.20 bits per heavy atom. The fourth-order valence-corrected chi connectivity index (χ4v) is 3.37. The highest BCUT2D eigenvalue weighted by Crippen LogP contribution is 2.27. The van der Waals surface area contributed by atoms with E-state index < -0.39 is 11.6 Å². The molecule has 0 saturated carbocycles. The third-order valence-corrected chi connectivity index (χ3v) is 4.91. The maximum Gasteiger partial charge on any atom is 0.323 e. The number of nitrogen functional groups attached to an aromatic ring is 1. The molecular weight excluding hydrogens is 390 g/mol. The van der Waals surface area contributed by atoms with E-state index in [1.54, 1.807) is 17.3 Å². The van der Waals surface area contributed by atoms with Gasteiger partial charge in [0.1, 0.15) is 11.6 Å². The number of pyridine rings is 1. The minimum absolute atomic E-state index is 0.121. The summed E-state index contributed by atoms with van der Waals surface area (Å²) in [5, 5.41) is 2.67. The molecule has 3 N–H and O–H groups in total. The first kappa shape index (κ1) is 19.7. The van der Waals surface area contributed by atoms with Crippen LogP contribution in [0.5, 0.6) is 0 Å². The molecule has 9 heteroatoms. The predicted octanol–water partition coefficient (Wildman–Crippen LogP) is 3.41. The van der Waals surface area contributed by atoms with Crippen molar-refractivity contribution in [3.8, 4) is 11.3 Å². The zero-order valence-electron chi connectivity index (χ0n) is 16.3. The molecule has 0 atom stereocenters. The summed E-state index contributed by atoms with van der Waals surface area (Å²) in [6.45, 7) is 3.04. The lowest BCUT2D eigenvalue weighted by Crippen LogP contribution is -2.52. The normalized spacial score (nSPS) is 13.8. The Morgan fingerprint density at radius 3 is 2.73 bits per heavy atom. The van der Waals surface area contributed by atoms with E-state index in [-0.39, 0.29) is 28.8 Å². The van der Waals surface area contributed by atoms with Crippen LogP contribution in [0.4, 0.5) is 25.1 Å². The zero-order chi connectivity index (χ0) is 21.3. The second-order valence-corrected chi connectivity index (χ2v) is 7.32. The molecule has 0 radical (unpaired) electrons. The maximum absolute atomic E-state index is 14.1. The van der Waals surface area contributed by atoms with E-state index in [1.165, 1.54) is 18.2 Å². The van der Waals surface area contributed by atoms with Crippen LogP contribution >= 0.6 is 0 Å². The van der Waals surface area contributed by atoms with E-state index in [0.717, 1.165) is 29.9 Å². The van der Waals surface area contributed by atoms with Gasteiger partial charge in [-0.25, -0.2) is 18.6 Å². The van der Waals surface area contributed by atoms with Gasteiger partial charge in [-0.3, -0.25) is 15.3 Å². The highest BCUT2D eigenvalue weighted by Gasteiger charge is 2.31. The molecule has 1 fully saturated rings. The van der Waals surface area contributed by atoms with Gasteiger partial charge in [0.25, 0.3) is 0 Å². The minimum Gasteiger partial charge on any atom is -0.396 e. The molecule has 1 aliphatic heterocycles. The summed E-state index contributed by atoms with van der Waals surface area (Å²) in [4.78, 5) is 27.0. The molecule has 0 unspecified atom stereocenters. The SMILES string of the molecule is Cc1cncc(CC2CN(C(=O)Nc3nc(-c4ccc(F)cc4F)ccc3N)C2)n1. The van der Waals surface area contributed by atoms with E-state index in [0.29, 0.717) is 19.0 Å². The Labute approximate surface area is 172 Å². The number of nitrogens with two attached hydrogens (primary N) is 1. The third-order valence-electron chi connectivity index (χ3n) is 4.91. The van der Waals surface area contributed by atoms with Gasteiger partial charge in [-0.2, -0.15) is 0 Å². The Bertz CT molecular complexity index is 1100. The summed E-state index contributed by atoms with van der Waals surface area (Å²) in [7, 11) is 0. The van der Waals surface area contributed by atoms with Crippen molar-refractivity contribution in [2.24, 2.45) is 5.92 Å². The number of amides is 2. The first-order valence-corrected chi connectivity index (χ1v) is 9.44. The van der Waals surface area contributed by atoms with Crippen LogP contribution in [0.2, 0.25) is 0 Å². The van der Waals surface area contributed by atoms with Crippen LogP contribution in [0.15, 0.2) is 42.7 Å². The van der Waals surface area contributed by atoms with Crippen LogP contribution in [0, 0.1) is 24.5 Å². The number of rotatable bonds is 4. The summed E-state index contributed by atoms with van der Waals surface area (Å²) in [5.41, 5.74) is 8.30. The van der Waals surface area contributed by atoms with Crippen molar-refractivity contribution >= 4 is 17.5 Å². The molecule has 1 saturated heterocycles. The number of likely N-dealkylation sites (tertiary alicyclic amines) is 1. The third kappa shape index (κ3) is 4.19. The number of nitrogens with zero attached hydrogens (tertiary/aromatic N) is 4. The molecule has 1 aliphatic rings. The predicted molar refractivity (Wildman–Crippen MR) is 109 cm³/mol. The van der Waals surface area contributed by atoms with Gasteiger partial charge in [0.15, 0.2) is 5.82 Å². The van der Waals surface area contributed by atoms with Gasteiger partial charge in [-0.1, -0.05) is 0 Å². The van der Waals surface area contributed by atoms with Crippen LogP contribution in [0.25, 0.3) is 11.3 Å². The smallest absolute Gasteiger partial charge is 0.323 e. The minimum atomic E-state index is -0.741. The standard InChI is InChI=1S/C21H20F2N6O/c1-12-8-25-9-15(26-12)6-13-10-29(11-13)21(30)28-20-18(24)4-5-19(27-20)16-3-2-14(22)7-17(16)23/h2-5,7-9,13H,6,10-11,24H2,1H3,(H,27,28,30). The number of carbonyl (C=O) groups is 1. The summed E-state index contributed by atoms with van der Waals surface area (Å²) in [6, 6.07) is 5.93. The molecule has 1 aromatic carbocycles. The lowest BCUT2D eigenvalue weighted by Gasteiger charge is -2.39. The molecule has 154 valence electrons. The van der Waals surface area contributed by atoms with Gasteiger partial charge in [-0.05, 0) is 43.5 Å². The second-order valence-electron chi connectivity index (χ2n) is 7.32. The Balaban J connectivity index is 1.40. The van der Waals surface area contributed by atoms with Crippen molar-refractivity contribution in [3.63, 3.8) is 0 Å². The molecular formula is C21H20F2N6O. The molecule has 4 rings (SSSR count). The van der Waals surface area contributed by atoms with Crippen LogP contribution in [-0.2, 0) is 6.42 Å². The largest absolute Gasteiger partial charge is 0.396 e. The fraction of sp³-hybridized carbons (Fsp3) is 0.238. The molecule has 30 heavy (non-hydrogen) atoms. The fourth-order valence-electron chi connectivity index (χ4n) is 3.37. The summed E-state index contributed by atoms with van der Waals surface area (Å²) in [5.74, 6) is -0.982. The highest BCUT2D eigenvalue weighted by atomic mass is 19.1. The van der Waals surface area contributed by atoms with Crippen LogP contribution < -0.4 is 11.1 Å². The number of nitrogens with one attached hydrogen (secondary N) is 1. The molecule has 2 amide bonds. The average Bonchev–Trinajstić information content (AvgIpc) is 2.66. The number of urea groups is 1. The molecule has 0 spiro atoms. The second kappa shape index (κ2) is 8.02. The van der Waals surface area contributed by atoms with Crippen molar-refractivity contribution in [1.82, 2.24) is 19.9 Å². The Morgan fingerprint density at radius 2 is 2.00 bits per heavy atom. The quantitative estimate of drug-likeness (QED) is 0.687. The van der Waals surface area contributed by atoms with Crippen LogP contribution in [-0.4, -0.2) is 39.0 Å². The van der Waals surface area contributed by atoms with Gasteiger partial charge in [0, 0.05) is 37.1 Å². The van der Waals surface area contributed by atoms with E-state index in [9.17, 15) is 13.6 Å². The number of anilines is 2. The first-order chi connectivity index (χ1) is 14.4. The molecule has 2 aromatic heterocycles. The topological polar surface area (TPSA) is 97.0 Å². The zero-order valence-corrected chi connectivity index (χ0v) is 16.3. The van der Waals surface area contributed by atoms with Gasteiger partial charge < -0.3 is 10.6 Å². The number of hydrogen-bond donors (Lipinski definition) is 2. The van der Waals surface area contributed by atoms with Crippen molar-refractivity contribution in [2.75, 3.05) is 24.1 Å². The number of hydrogen-bond acceptors (Lipinski definition) is 5. The Kier molecular flexibility index (Phi) is 5.26. The summed E-state index contributed by atoms with van der Waals surface area (Å²) >= 11 is 0. The van der Waals surface area contributed by atoms with E-state index in [1.807, 2.05) is 6.92 Å². The van der Waals surface area contributed by atoms with Gasteiger partial charge in [0.05, 0.1) is 22.8 Å². The lowest BCUT2D eigenvalue weighted by molar-refractivity contribution is 0.130. The monoisotopic (exact) mass is 410 g/mol. The molecule has 0 aliphatic carbocycles. The number of aryl methyl sites for hydroxylation is 1. The molecule has 3 heterocycles. The van der Waals surface area contributed by atoms with E-state index in [4.69, 9.17) is 5.73 Å². The number of halogens is 2. The maximum atomic E-state index is 14.1. The highest BCUT2D eigenvalue weighted by molar-refractivity contribution is 5.92. The van der Waals surface area contributed by atoms with Crippen molar-refractivity contribution in [3.05, 3.63) is 65.7 Å². The average molecular weight is 410 g/mol. The summed E-state index contributed by atoms with van der Waals surface area (Å²) in [6.07, 6.45) is 4.19. The van der Waals surface area contributed by atoms with E-state index in [2.05, 4.69) is 20.3 Å². The number of aromatic nitrogens is 3. The van der Waals surface area contributed by atoms with Crippen molar-refractivity contribution in [2.45, 2.75) is 13.3 Å². The van der Waals surface area contributed by atoms with Gasteiger partial charge in [0.2, 0.25) is 0 Å². The number of carbonyl (C=O) groups excluding carboxylic acids is 1. The molecule has 0 bridgehead atoms. The van der Waals surface area contributed by atoms with Gasteiger partial charge >= 0.3 is 6.03 Å². The lowest BCUT2D eigenvalue weighted by atomic mass is 9.95. The molecule has 7 nitrogen and oxygen atoms in total. The first-order valence-electron chi connectivity index (χ1n) is 9.44. The summed E-state index contributed by atoms with van der Waals surface area (Å²) < 4.78 is 27.2. The van der Waals surface area contributed by atoms with Gasteiger partial charge in [-0.15, -0.1) is 0 Å². The molecule has 3 aromatic rings. The van der Waals surface area contributed by atoms with E-state index >= 15 is 0 Å².